The Morgan fingerprint density at radius 2 is 2.00 bits per heavy atom. The SMILES string of the molecule is Cc1ccc(S(=O)(=O)N2CCC(CO)CC2)c2cccnc12. The predicted octanol–water partition coefficient (Wildman–Crippen LogP) is 1.94. The summed E-state index contributed by atoms with van der Waals surface area (Å²) in [7, 11) is -3.53. The molecule has 5 nitrogen and oxygen atoms in total. The molecule has 1 aliphatic rings. The molecule has 0 amide bonds. The monoisotopic (exact) mass is 320 g/mol. The Labute approximate surface area is 130 Å². The van der Waals surface area contributed by atoms with Gasteiger partial charge in [0.1, 0.15) is 0 Å². The van der Waals surface area contributed by atoms with Crippen molar-refractivity contribution in [2.45, 2.75) is 24.7 Å². The first-order valence-corrected chi connectivity index (χ1v) is 8.93. The maximum absolute atomic E-state index is 12.9. The molecule has 0 unspecified atom stereocenters. The Hall–Kier alpha value is -1.50. The highest BCUT2D eigenvalue weighted by Crippen LogP contribution is 2.29. The lowest BCUT2D eigenvalue weighted by atomic mass is 10.00. The van der Waals surface area contributed by atoms with Gasteiger partial charge in [-0.15, -0.1) is 0 Å². The lowest BCUT2D eigenvalue weighted by Gasteiger charge is -2.30. The van der Waals surface area contributed by atoms with E-state index in [1.54, 1.807) is 18.3 Å². The zero-order valence-electron chi connectivity index (χ0n) is 12.6. The number of sulfonamides is 1. The van der Waals surface area contributed by atoms with Crippen LogP contribution >= 0.6 is 0 Å². The van der Waals surface area contributed by atoms with Gasteiger partial charge in [0.05, 0.1) is 10.4 Å². The van der Waals surface area contributed by atoms with Gasteiger partial charge in [-0.1, -0.05) is 6.07 Å². The minimum atomic E-state index is -3.53. The highest BCUT2D eigenvalue weighted by atomic mass is 32.2. The van der Waals surface area contributed by atoms with Gasteiger partial charge in [0.2, 0.25) is 10.0 Å². The fourth-order valence-electron chi connectivity index (χ4n) is 2.98. The van der Waals surface area contributed by atoms with Crippen molar-refractivity contribution < 1.29 is 13.5 Å². The van der Waals surface area contributed by atoms with E-state index >= 15 is 0 Å². The second-order valence-corrected chi connectivity index (χ2v) is 7.72. The molecule has 22 heavy (non-hydrogen) atoms. The van der Waals surface area contributed by atoms with Crippen LogP contribution in [0.25, 0.3) is 10.9 Å². The number of benzene rings is 1. The molecule has 6 heteroatoms. The van der Waals surface area contributed by atoms with Crippen molar-refractivity contribution in [2.24, 2.45) is 5.92 Å². The highest BCUT2D eigenvalue weighted by Gasteiger charge is 2.30. The normalized spacial score (nSPS) is 17.9. The fraction of sp³-hybridized carbons (Fsp3) is 0.438. The molecule has 1 saturated heterocycles. The first-order valence-electron chi connectivity index (χ1n) is 7.49. The first kappa shape index (κ1) is 15.4. The van der Waals surface area contributed by atoms with E-state index in [4.69, 9.17) is 0 Å². The number of aliphatic hydroxyl groups excluding tert-OH is 1. The highest BCUT2D eigenvalue weighted by molar-refractivity contribution is 7.89. The number of hydrogen-bond donors (Lipinski definition) is 1. The summed E-state index contributed by atoms with van der Waals surface area (Å²) in [4.78, 5) is 4.63. The molecule has 0 aliphatic carbocycles. The second kappa shape index (κ2) is 5.95. The minimum absolute atomic E-state index is 0.130. The van der Waals surface area contributed by atoms with Crippen LogP contribution in [-0.4, -0.2) is 42.5 Å². The Morgan fingerprint density at radius 1 is 1.27 bits per heavy atom. The number of hydrogen-bond acceptors (Lipinski definition) is 4. The maximum Gasteiger partial charge on any atom is 0.243 e. The molecule has 1 N–H and O–H groups in total. The van der Waals surface area contributed by atoms with Crippen LogP contribution in [0, 0.1) is 12.8 Å². The molecule has 1 aromatic carbocycles. The van der Waals surface area contributed by atoms with Gasteiger partial charge in [0.25, 0.3) is 0 Å². The molecule has 3 rings (SSSR count). The van der Waals surface area contributed by atoms with E-state index in [0.717, 1.165) is 11.1 Å². The summed E-state index contributed by atoms with van der Waals surface area (Å²) in [5.74, 6) is 0.211. The summed E-state index contributed by atoms with van der Waals surface area (Å²) in [6, 6.07) is 7.05. The number of fused-ring (bicyclic) bond motifs is 1. The quantitative estimate of drug-likeness (QED) is 0.938. The van der Waals surface area contributed by atoms with Crippen molar-refractivity contribution in [3.63, 3.8) is 0 Å². The summed E-state index contributed by atoms with van der Waals surface area (Å²) < 4.78 is 27.4. The first-order chi connectivity index (χ1) is 10.5. The van der Waals surface area contributed by atoms with Crippen LogP contribution in [0.15, 0.2) is 35.4 Å². The fourth-order valence-corrected chi connectivity index (χ4v) is 4.64. The van der Waals surface area contributed by atoms with Gasteiger partial charge in [-0.05, 0) is 49.4 Å². The van der Waals surface area contributed by atoms with Gasteiger partial charge in [0, 0.05) is 31.3 Å². The van der Waals surface area contributed by atoms with Crippen LogP contribution in [0.1, 0.15) is 18.4 Å². The van der Waals surface area contributed by atoms with Crippen LogP contribution in [0.2, 0.25) is 0 Å². The molecule has 1 aliphatic heterocycles. The van der Waals surface area contributed by atoms with Crippen LogP contribution in [-0.2, 0) is 10.0 Å². The second-order valence-electron chi connectivity index (χ2n) is 5.81. The molecular weight excluding hydrogens is 300 g/mol. The van der Waals surface area contributed by atoms with Crippen molar-refractivity contribution in [2.75, 3.05) is 19.7 Å². The van der Waals surface area contributed by atoms with Crippen molar-refractivity contribution >= 4 is 20.9 Å². The van der Waals surface area contributed by atoms with E-state index in [1.165, 1.54) is 4.31 Å². The zero-order valence-corrected chi connectivity index (χ0v) is 13.4. The molecule has 0 saturated carbocycles. The molecule has 2 heterocycles. The van der Waals surface area contributed by atoms with E-state index < -0.39 is 10.0 Å². The standard InChI is InChI=1S/C16H20N2O3S/c1-12-4-5-15(14-3-2-8-17-16(12)14)22(20,21)18-9-6-13(11-19)7-10-18/h2-5,8,13,19H,6-7,9-11H2,1H3. The molecule has 1 aromatic heterocycles. The molecular formula is C16H20N2O3S. The lowest BCUT2D eigenvalue weighted by molar-refractivity contribution is 0.170. The van der Waals surface area contributed by atoms with Gasteiger partial charge < -0.3 is 5.11 Å². The van der Waals surface area contributed by atoms with Gasteiger partial charge in [0.15, 0.2) is 0 Å². The number of rotatable bonds is 3. The topological polar surface area (TPSA) is 70.5 Å². The van der Waals surface area contributed by atoms with Gasteiger partial charge >= 0.3 is 0 Å². The Bertz CT molecular complexity index is 781. The van der Waals surface area contributed by atoms with Crippen molar-refractivity contribution in [1.82, 2.24) is 9.29 Å². The number of aromatic nitrogens is 1. The van der Waals surface area contributed by atoms with Crippen LogP contribution < -0.4 is 0 Å². The van der Waals surface area contributed by atoms with Crippen LogP contribution in [0.5, 0.6) is 0 Å². The van der Waals surface area contributed by atoms with E-state index in [-0.39, 0.29) is 12.5 Å². The van der Waals surface area contributed by atoms with Crippen molar-refractivity contribution in [3.8, 4) is 0 Å². The largest absolute Gasteiger partial charge is 0.396 e. The number of aliphatic hydroxyl groups is 1. The zero-order chi connectivity index (χ0) is 15.7. The molecule has 118 valence electrons. The Morgan fingerprint density at radius 3 is 2.68 bits per heavy atom. The third kappa shape index (κ3) is 2.62. The average Bonchev–Trinajstić information content (AvgIpc) is 2.55. The van der Waals surface area contributed by atoms with Crippen molar-refractivity contribution in [1.29, 1.82) is 0 Å². The molecule has 2 aromatic rings. The Kier molecular flexibility index (Phi) is 4.16. The Balaban J connectivity index is 2.02. The number of aryl methyl sites for hydroxylation is 1. The third-order valence-electron chi connectivity index (χ3n) is 4.38. The summed E-state index contributed by atoms with van der Waals surface area (Å²) in [6.45, 7) is 2.98. The van der Waals surface area contributed by atoms with Crippen LogP contribution in [0.3, 0.4) is 0 Å². The van der Waals surface area contributed by atoms with Gasteiger partial charge in [-0.2, -0.15) is 4.31 Å². The summed E-state index contributed by atoms with van der Waals surface area (Å²) >= 11 is 0. The molecule has 1 fully saturated rings. The summed E-state index contributed by atoms with van der Waals surface area (Å²) in [5, 5.41) is 9.87. The lowest BCUT2D eigenvalue weighted by Crippen LogP contribution is -2.39. The van der Waals surface area contributed by atoms with Crippen molar-refractivity contribution in [3.05, 3.63) is 36.0 Å². The summed E-state index contributed by atoms with van der Waals surface area (Å²) in [6.07, 6.45) is 3.09. The summed E-state index contributed by atoms with van der Waals surface area (Å²) in [5.41, 5.74) is 1.70. The average molecular weight is 320 g/mol. The molecule has 0 bridgehead atoms. The molecule has 0 spiro atoms. The smallest absolute Gasteiger partial charge is 0.243 e. The van der Waals surface area contributed by atoms with E-state index in [1.807, 2.05) is 19.1 Å². The number of pyridine rings is 1. The minimum Gasteiger partial charge on any atom is -0.396 e. The molecule has 0 atom stereocenters. The predicted molar refractivity (Wildman–Crippen MR) is 85.0 cm³/mol. The number of nitrogens with zero attached hydrogens (tertiary/aromatic N) is 2. The van der Waals surface area contributed by atoms with E-state index in [9.17, 15) is 13.5 Å². The third-order valence-corrected chi connectivity index (χ3v) is 6.34. The maximum atomic E-state index is 12.9. The van der Waals surface area contributed by atoms with E-state index in [0.29, 0.717) is 36.2 Å². The van der Waals surface area contributed by atoms with Gasteiger partial charge in [-0.25, -0.2) is 8.42 Å². The van der Waals surface area contributed by atoms with Gasteiger partial charge in [-0.3, -0.25) is 4.98 Å². The van der Waals surface area contributed by atoms with E-state index in [2.05, 4.69) is 4.98 Å². The number of piperidine rings is 1. The van der Waals surface area contributed by atoms with Crippen LogP contribution in [0.4, 0.5) is 0 Å². The molecule has 0 radical (unpaired) electrons.